The molecule has 0 fully saturated rings. The van der Waals surface area contributed by atoms with Crippen molar-refractivity contribution in [3.63, 3.8) is 0 Å². The number of hydrogen-bond donors (Lipinski definition) is 2. The lowest BCUT2D eigenvalue weighted by atomic mass is 10.2. The number of thioether (sulfide) groups is 1. The van der Waals surface area contributed by atoms with E-state index in [0.29, 0.717) is 24.2 Å². The number of hydrogen-bond acceptors (Lipinski definition) is 4. The third kappa shape index (κ3) is 4.18. The van der Waals surface area contributed by atoms with Crippen molar-refractivity contribution in [3.05, 3.63) is 23.6 Å². The lowest BCUT2D eigenvalue weighted by Gasteiger charge is -2.12. The van der Waals surface area contributed by atoms with E-state index in [2.05, 4.69) is 15.6 Å². The van der Waals surface area contributed by atoms with E-state index in [1.807, 2.05) is 20.1 Å². The molecule has 2 N–H and O–H groups in total. The Morgan fingerprint density at radius 1 is 1.61 bits per heavy atom. The number of nitrogens with zero attached hydrogens (tertiary/aromatic N) is 1. The summed E-state index contributed by atoms with van der Waals surface area (Å²) in [6.07, 6.45) is 3.07. The summed E-state index contributed by atoms with van der Waals surface area (Å²) >= 11 is 1.66. The van der Waals surface area contributed by atoms with Crippen LogP contribution in [0.4, 0.5) is 10.2 Å². The maximum absolute atomic E-state index is 13.1. The van der Waals surface area contributed by atoms with Gasteiger partial charge >= 0.3 is 0 Å². The molecular weight excluding hydrogens is 253 g/mol. The van der Waals surface area contributed by atoms with Crippen LogP contribution >= 0.6 is 11.8 Å². The van der Waals surface area contributed by atoms with Gasteiger partial charge in [-0.05, 0) is 19.2 Å². The third-order valence-corrected chi connectivity index (χ3v) is 3.37. The Balaban J connectivity index is 2.79. The molecule has 0 bridgehead atoms. The summed E-state index contributed by atoms with van der Waals surface area (Å²) in [5.41, 5.74) is 0.241. The van der Waals surface area contributed by atoms with Crippen LogP contribution < -0.4 is 10.6 Å². The van der Waals surface area contributed by atoms with Gasteiger partial charge in [-0.15, -0.1) is 0 Å². The zero-order valence-electron chi connectivity index (χ0n) is 10.8. The highest BCUT2D eigenvalue weighted by Crippen LogP contribution is 2.13. The number of carbonyl (C=O) groups excluding carboxylic acids is 1. The summed E-state index contributed by atoms with van der Waals surface area (Å²) in [6.45, 7) is 5.07. The number of halogens is 1. The fourth-order valence-electron chi connectivity index (χ4n) is 1.34. The second-order valence-corrected chi connectivity index (χ2v) is 5.11. The monoisotopic (exact) mass is 271 g/mol. The van der Waals surface area contributed by atoms with E-state index in [1.54, 1.807) is 11.8 Å². The first-order valence-corrected chi connectivity index (χ1v) is 7.07. The molecule has 0 aliphatic carbocycles. The molecule has 1 heterocycles. The first-order chi connectivity index (χ1) is 8.58. The number of aromatic nitrogens is 1. The van der Waals surface area contributed by atoms with Gasteiger partial charge in [0.05, 0.1) is 11.8 Å². The fraction of sp³-hybridized carbons (Fsp3) is 0.500. The Morgan fingerprint density at radius 2 is 2.33 bits per heavy atom. The molecule has 1 unspecified atom stereocenters. The van der Waals surface area contributed by atoms with Crippen molar-refractivity contribution >= 4 is 23.5 Å². The smallest absolute Gasteiger partial charge is 0.255 e. The van der Waals surface area contributed by atoms with E-state index in [9.17, 15) is 9.18 Å². The van der Waals surface area contributed by atoms with Crippen molar-refractivity contribution in [2.24, 2.45) is 0 Å². The molecule has 0 aromatic carbocycles. The van der Waals surface area contributed by atoms with Crippen LogP contribution in [-0.4, -0.2) is 35.5 Å². The Morgan fingerprint density at radius 3 is 2.94 bits per heavy atom. The number of anilines is 1. The van der Waals surface area contributed by atoms with E-state index in [-0.39, 0.29) is 11.5 Å². The van der Waals surface area contributed by atoms with Crippen LogP contribution in [0.25, 0.3) is 0 Å². The van der Waals surface area contributed by atoms with Crippen molar-refractivity contribution in [1.82, 2.24) is 10.3 Å². The van der Waals surface area contributed by atoms with E-state index in [1.165, 1.54) is 6.07 Å². The van der Waals surface area contributed by atoms with Crippen LogP contribution in [0.15, 0.2) is 12.3 Å². The average Bonchev–Trinajstić information content (AvgIpc) is 2.37. The van der Waals surface area contributed by atoms with Crippen molar-refractivity contribution in [1.29, 1.82) is 0 Å². The minimum Gasteiger partial charge on any atom is -0.370 e. The van der Waals surface area contributed by atoms with Crippen LogP contribution in [0.1, 0.15) is 24.2 Å². The second-order valence-electron chi connectivity index (χ2n) is 3.84. The highest BCUT2D eigenvalue weighted by molar-refractivity contribution is 7.99. The lowest BCUT2D eigenvalue weighted by Crippen LogP contribution is -2.30. The molecule has 1 atom stereocenters. The van der Waals surface area contributed by atoms with Crippen molar-refractivity contribution in [2.45, 2.75) is 19.1 Å². The summed E-state index contributed by atoms with van der Waals surface area (Å²) in [5.74, 6) is -0.410. The molecule has 1 aromatic heterocycles. The highest BCUT2D eigenvalue weighted by Gasteiger charge is 2.14. The molecule has 18 heavy (non-hydrogen) atoms. The van der Waals surface area contributed by atoms with Gasteiger partial charge in [-0.1, -0.05) is 6.92 Å². The number of carbonyl (C=O) groups is 1. The van der Waals surface area contributed by atoms with Gasteiger partial charge in [0.25, 0.3) is 5.91 Å². The molecular formula is C12H18FN3OS. The van der Waals surface area contributed by atoms with Crippen LogP contribution in [0.3, 0.4) is 0 Å². The Kier molecular flexibility index (Phi) is 5.91. The Hall–Kier alpha value is -1.30. The van der Waals surface area contributed by atoms with Gasteiger partial charge < -0.3 is 10.6 Å². The van der Waals surface area contributed by atoms with Crippen LogP contribution in [0.5, 0.6) is 0 Å². The van der Waals surface area contributed by atoms with E-state index >= 15 is 0 Å². The normalized spacial score (nSPS) is 12.0. The molecule has 0 saturated heterocycles. The van der Waals surface area contributed by atoms with Gasteiger partial charge in [0.2, 0.25) is 0 Å². The quantitative estimate of drug-likeness (QED) is 0.832. The molecule has 1 amide bonds. The van der Waals surface area contributed by atoms with Crippen LogP contribution in [0.2, 0.25) is 0 Å². The SMILES string of the molecule is CCNc1ncc(F)cc1C(=O)NCC(C)SC. The topological polar surface area (TPSA) is 54.0 Å². The van der Waals surface area contributed by atoms with Crippen molar-refractivity contribution in [2.75, 3.05) is 24.7 Å². The fourth-order valence-corrected chi connectivity index (χ4v) is 1.59. The van der Waals surface area contributed by atoms with E-state index in [4.69, 9.17) is 0 Å². The first kappa shape index (κ1) is 14.8. The third-order valence-electron chi connectivity index (χ3n) is 2.40. The number of pyridine rings is 1. The van der Waals surface area contributed by atoms with Gasteiger partial charge in [-0.25, -0.2) is 9.37 Å². The molecule has 0 aliphatic heterocycles. The number of amides is 1. The summed E-state index contributed by atoms with van der Waals surface area (Å²) < 4.78 is 13.1. The molecule has 0 spiro atoms. The first-order valence-electron chi connectivity index (χ1n) is 5.78. The molecule has 0 saturated carbocycles. The average molecular weight is 271 g/mol. The molecule has 4 nitrogen and oxygen atoms in total. The van der Waals surface area contributed by atoms with Gasteiger partial charge in [-0.3, -0.25) is 4.79 Å². The predicted molar refractivity (Wildman–Crippen MR) is 73.7 cm³/mol. The van der Waals surface area contributed by atoms with Gasteiger partial charge in [0.1, 0.15) is 11.6 Å². The van der Waals surface area contributed by atoms with Gasteiger partial charge in [-0.2, -0.15) is 11.8 Å². The summed E-state index contributed by atoms with van der Waals surface area (Å²) in [5, 5.41) is 6.03. The predicted octanol–water partition coefficient (Wildman–Crippen LogP) is 2.13. The van der Waals surface area contributed by atoms with Gasteiger partial charge in [0, 0.05) is 18.3 Å². The highest BCUT2D eigenvalue weighted by atomic mass is 32.2. The largest absolute Gasteiger partial charge is 0.370 e. The molecule has 0 aliphatic rings. The maximum Gasteiger partial charge on any atom is 0.255 e. The van der Waals surface area contributed by atoms with E-state index in [0.717, 1.165) is 6.20 Å². The molecule has 1 rings (SSSR count). The maximum atomic E-state index is 13.1. The number of rotatable bonds is 6. The standard InChI is InChI=1S/C12H18FN3OS/c1-4-14-11-10(5-9(13)7-15-11)12(17)16-6-8(2)18-3/h5,7-8H,4,6H2,1-3H3,(H,14,15)(H,16,17). The molecule has 1 aromatic rings. The zero-order valence-corrected chi connectivity index (χ0v) is 11.6. The van der Waals surface area contributed by atoms with Gasteiger partial charge in [0.15, 0.2) is 0 Å². The number of nitrogens with one attached hydrogen (secondary N) is 2. The Bertz CT molecular complexity index is 414. The lowest BCUT2D eigenvalue weighted by molar-refractivity contribution is 0.0954. The van der Waals surface area contributed by atoms with Crippen molar-refractivity contribution in [3.8, 4) is 0 Å². The zero-order chi connectivity index (χ0) is 13.5. The summed E-state index contributed by atoms with van der Waals surface area (Å²) in [6, 6.07) is 1.20. The molecule has 0 radical (unpaired) electrons. The minimum absolute atomic E-state index is 0.241. The summed E-state index contributed by atoms with van der Waals surface area (Å²) in [4.78, 5) is 15.8. The molecule has 100 valence electrons. The summed E-state index contributed by atoms with van der Waals surface area (Å²) in [7, 11) is 0. The molecule has 6 heteroatoms. The van der Waals surface area contributed by atoms with E-state index < -0.39 is 5.82 Å². The van der Waals surface area contributed by atoms with Crippen molar-refractivity contribution < 1.29 is 9.18 Å². The van der Waals surface area contributed by atoms with Crippen LogP contribution in [-0.2, 0) is 0 Å². The Labute approximate surface area is 111 Å². The van der Waals surface area contributed by atoms with Crippen LogP contribution in [0, 0.1) is 5.82 Å². The second kappa shape index (κ2) is 7.20. The minimum atomic E-state index is -0.514.